The summed E-state index contributed by atoms with van der Waals surface area (Å²) in [6.07, 6.45) is 6.01. The van der Waals surface area contributed by atoms with Gasteiger partial charge in [-0.1, -0.05) is 30.3 Å². The van der Waals surface area contributed by atoms with Gasteiger partial charge in [0.25, 0.3) is 0 Å². The van der Waals surface area contributed by atoms with Crippen LogP contribution < -0.4 is 0 Å². The molecule has 0 fully saturated rings. The number of nitrogens with zero attached hydrogens (tertiary/aromatic N) is 2. The van der Waals surface area contributed by atoms with Crippen LogP contribution in [0.25, 0.3) is 0 Å². The number of hydrogen-bond donors (Lipinski definition) is 0. The number of halogens is 1. The average molecular weight is 235 g/mol. The Morgan fingerprint density at radius 2 is 2.00 bits per heavy atom. The maximum absolute atomic E-state index is 5.79. The predicted octanol–water partition coefficient (Wildman–Crippen LogP) is 3.25. The van der Waals surface area contributed by atoms with Crippen LogP contribution in [0, 0.1) is 0 Å². The monoisotopic (exact) mass is 234 g/mol. The van der Waals surface area contributed by atoms with Crippen molar-refractivity contribution < 1.29 is 0 Å². The molecule has 2 rings (SSSR count). The highest BCUT2D eigenvalue weighted by molar-refractivity contribution is 6.16. The number of imidazole rings is 1. The summed E-state index contributed by atoms with van der Waals surface area (Å²) in [7, 11) is 0. The van der Waals surface area contributed by atoms with E-state index < -0.39 is 0 Å². The van der Waals surface area contributed by atoms with E-state index in [2.05, 4.69) is 33.8 Å². The van der Waals surface area contributed by atoms with Crippen LogP contribution in [0.2, 0.25) is 0 Å². The van der Waals surface area contributed by atoms with Gasteiger partial charge in [0.1, 0.15) is 5.82 Å². The predicted molar refractivity (Wildman–Crippen MR) is 66.5 cm³/mol. The molecule has 0 bridgehead atoms. The molecule has 0 saturated heterocycles. The van der Waals surface area contributed by atoms with E-state index in [4.69, 9.17) is 11.6 Å². The van der Waals surface area contributed by atoms with E-state index in [0.29, 0.717) is 5.88 Å². The standard InChI is InChI=1S/C13H15ClN2/c14-11-13-15-8-10-16(13)9-4-7-12-5-2-1-3-6-12/h1-3,5-6,8,10H,4,7,9,11H2. The first-order valence-corrected chi connectivity index (χ1v) is 6.03. The van der Waals surface area contributed by atoms with Crippen molar-refractivity contribution in [2.24, 2.45) is 0 Å². The molecule has 0 saturated carbocycles. The van der Waals surface area contributed by atoms with Gasteiger partial charge in [-0.25, -0.2) is 4.98 Å². The number of aromatic nitrogens is 2. The summed E-state index contributed by atoms with van der Waals surface area (Å²) in [5.41, 5.74) is 1.38. The Morgan fingerprint density at radius 3 is 2.75 bits per heavy atom. The molecule has 84 valence electrons. The normalized spacial score (nSPS) is 10.6. The van der Waals surface area contributed by atoms with Crippen molar-refractivity contribution in [3.8, 4) is 0 Å². The third-order valence-electron chi connectivity index (χ3n) is 2.63. The highest BCUT2D eigenvalue weighted by atomic mass is 35.5. The molecule has 0 aliphatic heterocycles. The summed E-state index contributed by atoms with van der Waals surface area (Å²) in [4.78, 5) is 4.19. The summed E-state index contributed by atoms with van der Waals surface area (Å²) >= 11 is 5.79. The van der Waals surface area contributed by atoms with Crippen molar-refractivity contribution >= 4 is 11.6 Å². The maximum atomic E-state index is 5.79. The van der Waals surface area contributed by atoms with Gasteiger partial charge in [0.15, 0.2) is 0 Å². The minimum Gasteiger partial charge on any atom is -0.334 e. The van der Waals surface area contributed by atoms with Gasteiger partial charge in [-0.3, -0.25) is 0 Å². The molecule has 0 unspecified atom stereocenters. The van der Waals surface area contributed by atoms with Crippen LogP contribution in [-0.4, -0.2) is 9.55 Å². The Bertz CT molecular complexity index is 423. The fraction of sp³-hybridized carbons (Fsp3) is 0.308. The molecule has 0 spiro atoms. The van der Waals surface area contributed by atoms with E-state index >= 15 is 0 Å². The fourth-order valence-corrected chi connectivity index (χ4v) is 2.00. The van der Waals surface area contributed by atoms with Crippen LogP contribution in [0.15, 0.2) is 42.7 Å². The van der Waals surface area contributed by atoms with Gasteiger partial charge in [0, 0.05) is 18.9 Å². The Kier molecular flexibility index (Phi) is 4.00. The lowest BCUT2D eigenvalue weighted by Gasteiger charge is -2.05. The lowest BCUT2D eigenvalue weighted by atomic mass is 10.1. The minimum atomic E-state index is 0.484. The molecular formula is C13H15ClN2. The van der Waals surface area contributed by atoms with Crippen LogP contribution in [0.5, 0.6) is 0 Å². The van der Waals surface area contributed by atoms with Crippen LogP contribution in [0.4, 0.5) is 0 Å². The fourth-order valence-electron chi connectivity index (χ4n) is 1.77. The van der Waals surface area contributed by atoms with Crippen LogP contribution in [0.3, 0.4) is 0 Å². The van der Waals surface area contributed by atoms with Gasteiger partial charge < -0.3 is 4.57 Å². The van der Waals surface area contributed by atoms with E-state index in [1.54, 1.807) is 6.20 Å². The molecule has 0 radical (unpaired) electrons. The zero-order valence-corrected chi connectivity index (χ0v) is 9.90. The lowest BCUT2D eigenvalue weighted by molar-refractivity contribution is 0.623. The summed E-state index contributed by atoms with van der Waals surface area (Å²) in [6, 6.07) is 10.5. The topological polar surface area (TPSA) is 17.8 Å². The number of alkyl halides is 1. The molecule has 2 nitrogen and oxygen atoms in total. The molecule has 0 amide bonds. The van der Waals surface area contributed by atoms with Gasteiger partial charge in [-0.05, 0) is 18.4 Å². The first-order chi connectivity index (χ1) is 7.90. The smallest absolute Gasteiger partial charge is 0.123 e. The summed E-state index contributed by atoms with van der Waals surface area (Å²) in [5.74, 6) is 1.44. The first-order valence-electron chi connectivity index (χ1n) is 5.50. The SMILES string of the molecule is ClCc1nccn1CCCc1ccccc1. The van der Waals surface area contributed by atoms with Crippen LogP contribution >= 0.6 is 11.6 Å². The second-order valence-electron chi connectivity index (χ2n) is 3.76. The number of aryl methyl sites for hydroxylation is 2. The highest BCUT2D eigenvalue weighted by Crippen LogP contribution is 2.06. The van der Waals surface area contributed by atoms with Gasteiger partial charge >= 0.3 is 0 Å². The molecule has 16 heavy (non-hydrogen) atoms. The third kappa shape index (κ3) is 2.86. The Morgan fingerprint density at radius 1 is 1.19 bits per heavy atom. The number of hydrogen-bond acceptors (Lipinski definition) is 1. The molecule has 1 heterocycles. The molecule has 0 aliphatic rings. The third-order valence-corrected chi connectivity index (χ3v) is 2.87. The van der Waals surface area contributed by atoms with Crippen molar-refractivity contribution in [1.29, 1.82) is 0 Å². The zero-order chi connectivity index (χ0) is 11.2. The van der Waals surface area contributed by atoms with E-state index in [9.17, 15) is 0 Å². The molecule has 0 N–H and O–H groups in total. The zero-order valence-electron chi connectivity index (χ0n) is 9.14. The molecule has 3 heteroatoms. The Balaban J connectivity index is 1.85. The minimum absolute atomic E-state index is 0.484. The largest absolute Gasteiger partial charge is 0.334 e. The van der Waals surface area contributed by atoms with Gasteiger partial charge in [0.05, 0.1) is 5.88 Å². The molecule has 0 aliphatic carbocycles. The second kappa shape index (κ2) is 5.71. The number of rotatable bonds is 5. The van der Waals surface area contributed by atoms with E-state index in [1.807, 2.05) is 12.3 Å². The van der Waals surface area contributed by atoms with Gasteiger partial charge in [-0.15, -0.1) is 11.6 Å². The Hall–Kier alpha value is -1.28. The van der Waals surface area contributed by atoms with Crippen molar-refractivity contribution in [3.63, 3.8) is 0 Å². The van der Waals surface area contributed by atoms with Crippen LogP contribution in [-0.2, 0) is 18.8 Å². The summed E-state index contributed by atoms with van der Waals surface area (Å²) < 4.78 is 2.12. The quantitative estimate of drug-likeness (QED) is 0.727. The molecular weight excluding hydrogens is 220 g/mol. The molecule has 1 aromatic heterocycles. The van der Waals surface area contributed by atoms with Crippen molar-refractivity contribution in [2.45, 2.75) is 25.3 Å². The average Bonchev–Trinajstić information content (AvgIpc) is 2.78. The van der Waals surface area contributed by atoms with E-state index in [0.717, 1.165) is 25.2 Å². The number of benzene rings is 1. The lowest BCUT2D eigenvalue weighted by Crippen LogP contribution is -2.02. The molecule has 0 atom stereocenters. The van der Waals surface area contributed by atoms with Gasteiger partial charge in [-0.2, -0.15) is 0 Å². The van der Waals surface area contributed by atoms with Crippen LogP contribution in [0.1, 0.15) is 17.8 Å². The van der Waals surface area contributed by atoms with E-state index in [1.165, 1.54) is 5.56 Å². The van der Waals surface area contributed by atoms with Crippen molar-refractivity contribution in [1.82, 2.24) is 9.55 Å². The molecule has 2 aromatic rings. The molecule has 1 aromatic carbocycles. The van der Waals surface area contributed by atoms with Crippen molar-refractivity contribution in [2.75, 3.05) is 0 Å². The van der Waals surface area contributed by atoms with E-state index in [-0.39, 0.29) is 0 Å². The Labute approximate surface area is 101 Å². The summed E-state index contributed by atoms with van der Waals surface area (Å²) in [5, 5.41) is 0. The highest BCUT2D eigenvalue weighted by Gasteiger charge is 2.00. The van der Waals surface area contributed by atoms with Gasteiger partial charge in [0.2, 0.25) is 0 Å². The maximum Gasteiger partial charge on any atom is 0.123 e. The second-order valence-corrected chi connectivity index (χ2v) is 4.03. The van der Waals surface area contributed by atoms with Crippen molar-refractivity contribution in [3.05, 3.63) is 54.1 Å². The first kappa shape index (κ1) is 11.2. The summed E-state index contributed by atoms with van der Waals surface area (Å²) in [6.45, 7) is 0.983.